The van der Waals surface area contributed by atoms with E-state index in [4.69, 9.17) is 20.9 Å². The lowest BCUT2D eigenvalue weighted by atomic mass is 10.1. The molecule has 150 valence electrons. The van der Waals surface area contributed by atoms with Crippen molar-refractivity contribution in [2.24, 2.45) is 4.99 Å². The lowest BCUT2D eigenvalue weighted by Crippen LogP contribution is -2.40. The molecular weight excluding hydrogens is 481 g/mol. The standard InChI is InChI=1S/C18H26ClN5O2.HI/c1-5-20-17(22-12-18(2,3)25-4)21-11-10-15-23-16(24-26-15)13-6-8-14(19)9-7-13;/h6-9H,5,10-12H2,1-4H3,(H2,20,21,22);1H. The number of methoxy groups -OCH3 is 1. The predicted molar refractivity (Wildman–Crippen MR) is 119 cm³/mol. The van der Waals surface area contributed by atoms with Crippen LogP contribution in [0.25, 0.3) is 11.4 Å². The van der Waals surface area contributed by atoms with Crippen LogP contribution >= 0.6 is 35.6 Å². The van der Waals surface area contributed by atoms with Gasteiger partial charge in [-0.15, -0.1) is 24.0 Å². The van der Waals surface area contributed by atoms with Gasteiger partial charge in [-0.25, -0.2) is 0 Å². The van der Waals surface area contributed by atoms with Crippen LogP contribution in [-0.2, 0) is 11.2 Å². The molecule has 0 saturated carbocycles. The van der Waals surface area contributed by atoms with E-state index >= 15 is 0 Å². The van der Waals surface area contributed by atoms with E-state index in [-0.39, 0.29) is 29.6 Å². The van der Waals surface area contributed by atoms with Crippen molar-refractivity contribution in [1.29, 1.82) is 0 Å². The summed E-state index contributed by atoms with van der Waals surface area (Å²) >= 11 is 5.89. The second kappa shape index (κ2) is 11.5. The third kappa shape index (κ3) is 8.02. The Kier molecular flexibility index (Phi) is 10.0. The first-order valence-electron chi connectivity index (χ1n) is 8.59. The second-order valence-electron chi connectivity index (χ2n) is 6.35. The van der Waals surface area contributed by atoms with Crippen molar-refractivity contribution in [2.45, 2.75) is 32.8 Å². The molecule has 2 rings (SSSR count). The summed E-state index contributed by atoms with van der Waals surface area (Å²) in [7, 11) is 1.68. The molecule has 0 atom stereocenters. The zero-order valence-electron chi connectivity index (χ0n) is 16.1. The maximum atomic E-state index is 5.89. The molecule has 0 bridgehead atoms. The van der Waals surface area contributed by atoms with Gasteiger partial charge >= 0.3 is 0 Å². The van der Waals surface area contributed by atoms with Crippen LogP contribution in [0.4, 0.5) is 0 Å². The number of hydrogen-bond acceptors (Lipinski definition) is 5. The van der Waals surface area contributed by atoms with E-state index in [0.29, 0.717) is 36.2 Å². The summed E-state index contributed by atoms with van der Waals surface area (Å²) in [4.78, 5) is 8.95. The molecule has 0 unspecified atom stereocenters. The number of rotatable bonds is 8. The van der Waals surface area contributed by atoms with Crippen LogP contribution < -0.4 is 10.6 Å². The summed E-state index contributed by atoms with van der Waals surface area (Å²) in [6.45, 7) is 7.98. The van der Waals surface area contributed by atoms with Gasteiger partial charge in [-0.3, -0.25) is 4.99 Å². The van der Waals surface area contributed by atoms with E-state index in [1.165, 1.54) is 0 Å². The Morgan fingerprint density at radius 2 is 1.96 bits per heavy atom. The maximum Gasteiger partial charge on any atom is 0.228 e. The molecule has 1 aromatic carbocycles. The molecule has 2 aromatic rings. The lowest BCUT2D eigenvalue weighted by molar-refractivity contribution is 0.0310. The van der Waals surface area contributed by atoms with Crippen LogP contribution in [-0.4, -0.2) is 48.4 Å². The van der Waals surface area contributed by atoms with Crippen LogP contribution in [0.15, 0.2) is 33.8 Å². The molecule has 0 spiro atoms. The molecule has 0 aliphatic carbocycles. The fourth-order valence-electron chi connectivity index (χ4n) is 2.04. The third-order valence-corrected chi connectivity index (χ3v) is 3.97. The van der Waals surface area contributed by atoms with Gasteiger partial charge in [0.2, 0.25) is 11.7 Å². The molecule has 2 N–H and O–H groups in total. The van der Waals surface area contributed by atoms with E-state index in [9.17, 15) is 0 Å². The van der Waals surface area contributed by atoms with Gasteiger partial charge in [0, 0.05) is 37.2 Å². The van der Waals surface area contributed by atoms with Gasteiger partial charge in [-0.2, -0.15) is 4.98 Å². The Morgan fingerprint density at radius 1 is 1.26 bits per heavy atom. The first-order valence-corrected chi connectivity index (χ1v) is 8.97. The number of ether oxygens (including phenoxy) is 1. The maximum absolute atomic E-state index is 5.89. The minimum atomic E-state index is -0.303. The van der Waals surface area contributed by atoms with Gasteiger partial charge in [0.15, 0.2) is 5.96 Å². The largest absolute Gasteiger partial charge is 0.377 e. The highest BCUT2D eigenvalue weighted by Gasteiger charge is 2.15. The molecule has 0 amide bonds. The molecular formula is C18H27ClIN5O2. The Balaban J connectivity index is 0.00000364. The fourth-order valence-corrected chi connectivity index (χ4v) is 2.16. The van der Waals surface area contributed by atoms with Crippen molar-refractivity contribution in [1.82, 2.24) is 20.8 Å². The van der Waals surface area contributed by atoms with Gasteiger partial charge in [0.1, 0.15) is 0 Å². The second-order valence-corrected chi connectivity index (χ2v) is 6.79. The van der Waals surface area contributed by atoms with E-state index in [2.05, 4.69) is 25.8 Å². The van der Waals surface area contributed by atoms with Crippen molar-refractivity contribution in [2.75, 3.05) is 26.7 Å². The topological polar surface area (TPSA) is 84.6 Å². The van der Waals surface area contributed by atoms with E-state index in [0.717, 1.165) is 18.1 Å². The summed E-state index contributed by atoms with van der Waals surface area (Å²) in [5.41, 5.74) is 0.566. The van der Waals surface area contributed by atoms with Gasteiger partial charge in [-0.1, -0.05) is 16.8 Å². The minimum absolute atomic E-state index is 0. The number of benzene rings is 1. The summed E-state index contributed by atoms with van der Waals surface area (Å²) in [5, 5.41) is 11.2. The number of nitrogens with one attached hydrogen (secondary N) is 2. The summed E-state index contributed by atoms with van der Waals surface area (Å²) in [5.74, 6) is 1.85. The molecule has 1 heterocycles. The smallest absolute Gasteiger partial charge is 0.228 e. The summed E-state index contributed by atoms with van der Waals surface area (Å²) < 4.78 is 10.7. The highest BCUT2D eigenvalue weighted by molar-refractivity contribution is 14.0. The molecule has 0 fully saturated rings. The average Bonchev–Trinajstić information content (AvgIpc) is 3.09. The number of aromatic nitrogens is 2. The Morgan fingerprint density at radius 3 is 2.59 bits per heavy atom. The first kappa shape index (κ1) is 23.6. The van der Waals surface area contributed by atoms with E-state index in [1.54, 1.807) is 19.2 Å². The van der Waals surface area contributed by atoms with Crippen LogP contribution in [0, 0.1) is 0 Å². The monoisotopic (exact) mass is 507 g/mol. The number of guanidine groups is 1. The zero-order valence-corrected chi connectivity index (χ0v) is 19.2. The number of nitrogens with zero attached hydrogens (tertiary/aromatic N) is 3. The highest BCUT2D eigenvalue weighted by Crippen LogP contribution is 2.18. The highest BCUT2D eigenvalue weighted by atomic mass is 127. The molecule has 7 nitrogen and oxygen atoms in total. The predicted octanol–water partition coefficient (Wildman–Crippen LogP) is 3.53. The first-order chi connectivity index (χ1) is 12.4. The van der Waals surface area contributed by atoms with Crippen molar-refractivity contribution >= 4 is 41.5 Å². The molecule has 1 aromatic heterocycles. The van der Waals surface area contributed by atoms with Crippen molar-refractivity contribution in [3.63, 3.8) is 0 Å². The third-order valence-electron chi connectivity index (χ3n) is 3.72. The quantitative estimate of drug-likeness (QED) is 0.323. The molecule has 0 aliphatic rings. The van der Waals surface area contributed by atoms with Gasteiger partial charge in [0.05, 0.1) is 12.1 Å². The number of aliphatic imine (C=N–C) groups is 1. The normalized spacial score (nSPS) is 11.8. The van der Waals surface area contributed by atoms with Crippen molar-refractivity contribution in [3.8, 4) is 11.4 Å². The van der Waals surface area contributed by atoms with Crippen molar-refractivity contribution < 1.29 is 9.26 Å². The zero-order chi connectivity index (χ0) is 19.0. The van der Waals surface area contributed by atoms with Crippen molar-refractivity contribution in [3.05, 3.63) is 35.2 Å². The van der Waals surface area contributed by atoms with Gasteiger partial charge in [0.25, 0.3) is 0 Å². The molecule has 27 heavy (non-hydrogen) atoms. The molecule has 0 aliphatic heterocycles. The van der Waals surface area contributed by atoms with Gasteiger partial charge < -0.3 is 19.9 Å². The average molecular weight is 508 g/mol. The van der Waals surface area contributed by atoms with Crippen LogP contribution in [0.1, 0.15) is 26.7 Å². The number of halogens is 2. The van der Waals surface area contributed by atoms with Crippen LogP contribution in [0.2, 0.25) is 5.02 Å². The summed E-state index contributed by atoms with van der Waals surface area (Å²) in [6.07, 6.45) is 0.596. The summed E-state index contributed by atoms with van der Waals surface area (Å²) in [6, 6.07) is 7.33. The Labute approximate surface area is 182 Å². The number of hydrogen-bond donors (Lipinski definition) is 2. The Hall–Kier alpha value is -1.39. The molecule has 0 radical (unpaired) electrons. The Bertz CT molecular complexity index is 719. The van der Waals surface area contributed by atoms with Crippen LogP contribution in [0.5, 0.6) is 0 Å². The lowest BCUT2D eigenvalue weighted by Gasteiger charge is -2.21. The van der Waals surface area contributed by atoms with E-state index in [1.807, 2.05) is 32.9 Å². The SMILES string of the molecule is CCNC(=NCC(C)(C)OC)NCCc1nc(-c2ccc(Cl)cc2)no1.I. The van der Waals surface area contributed by atoms with E-state index < -0.39 is 0 Å². The fraction of sp³-hybridized carbons (Fsp3) is 0.500. The minimum Gasteiger partial charge on any atom is -0.377 e. The van der Waals surface area contributed by atoms with Gasteiger partial charge in [-0.05, 0) is 45.0 Å². The van der Waals surface area contributed by atoms with Crippen LogP contribution in [0.3, 0.4) is 0 Å². The molecule has 0 saturated heterocycles. The molecule has 9 heteroatoms.